The average molecular weight is 185 g/mol. The fraction of sp³-hybridized carbons (Fsp3) is 0.889. The summed E-state index contributed by atoms with van der Waals surface area (Å²) >= 11 is 0. The summed E-state index contributed by atoms with van der Waals surface area (Å²) in [6, 6.07) is 0. The summed E-state index contributed by atoms with van der Waals surface area (Å²) in [5.41, 5.74) is 5.17. The van der Waals surface area contributed by atoms with Crippen molar-refractivity contribution in [1.29, 1.82) is 0 Å². The van der Waals surface area contributed by atoms with Gasteiger partial charge in [-0.05, 0) is 38.3 Å². The number of hydrogen-bond donors (Lipinski definition) is 3. The third-order valence-electron chi connectivity index (χ3n) is 2.52. The minimum Gasteiger partial charge on any atom is -0.355 e. The molecule has 1 aliphatic heterocycles. The van der Waals surface area contributed by atoms with Crippen LogP contribution in [0.15, 0.2) is 0 Å². The van der Waals surface area contributed by atoms with Crippen molar-refractivity contribution in [2.24, 2.45) is 11.7 Å². The highest BCUT2D eigenvalue weighted by Crippen LogP contribution is 2.14. The molecule has 0 saturated carbocycles. The molecule has 4 heteroatoms. The number of amides is 1. The van der Waals surface area contributed by atoms with E-state index in [1.165, 1.54) is 12.8 Å². The van der Waals surface area contributed by atoms with Gasteiger partial charge in [0.2, 0.25) is 5.91 Å². The highest BCUT2D eigenvalue weighted by atomic mass is 16.1. The smallest absolute Gasteiger partial charge is 0.233 e. The molecule has 1 amide bonds. The molecule has 0 atom stereocenters. The Morgan fingerprint density at radius 3 is 2.77 bits per heavy atom. The van der Waals surface area contributed by atoms with Gasteiger partial charge in [0.05, 0.1) is 6.54 Å². The summed E-state index contributed by atoms with van der Waals surface area (Å²) < 4.78 is 0. The standard InChI is InChI=1S/C9H19N3O/c10-7-9(13)12-6-3-8-1-4-11-5-2-8/h8,11H,1-7,10H2,(H,12,13). The molecule has 4 N–H and O–H groups in total. The van der Waals surface area contributed by atoms with Crippen LogP contribution in [0.2, 0.25) is 0 Å². The Bertz CT molecular complexity index is 155. The monoisotopic (exact) mass is 185 g/mol. The van der Waals surface area contributed by atoms with Crippen LogP contribution >= 0.6 is 0 Å². The molecule has 0 radical (unpaired) electrons. The summed E-state index contributed by atoms with van der Waals surface area (Å²) in [6.45, 7) is 3.12. The Hall–Kier alpha value is -0.610. The van der Waals surface area contributed by atoms with Crippen LogP contribution in [0.5, 0.6) is 0 Å². The molecule has 0 aromatic heterocycles. The van der Waals surface area contributed by atoms with Crippen molar-refractivity contribution in [3.63, 3.8) is 0 Å². The van der Waals surface area contributed by atoms with E-state index in [0.29, 0.717) is 0 Å². The first-order chi connectivity index (χ1) is 6.33. The van der Waals surface area contributed by atoms with Gasteiger partial charge < -0.3 is 16.4 Å². The Balaban J connectivity index is 2.01. The van der Waals surface area contributed by atoms with Crippen LogP contribution < -0.4 is 16.4 Å². The second-order valence-corrected chi connectivity index (χ2v) is 3.54. The summed E-state index contributed by atoms with van der Waals surface area (Å²) in [4.78, 5) is 10.8. The SMILES string of the molecule is NCC(=O)NCCC1CCNCC1. The van der Waals surface area contributed by atoms with Gasteiger partial charge in [0.15, 0.2) is 0 Å². The number of carbonyl (C=O) groups is 1. The van der Waals surface area contributed by atoms with Crippen LogP contribution in [0.4, 0.5) is 0 Å². The normalized spacial score (nSPS) is 18.5. The number of carbonyl (C=O) groups excluding carboxylic acids is 1. The second-order valence-electron chi connectivity index (χ2n) is 3.54. The van der Waals surface area contributed by atoms with E-state index in [1.807, 2.05) is 0 Å². The second kappa shape index (κ2) is 5.94. The molecular weight excluding hydrogens is 166 g/mol. The Labute approximate surface area is 79.3 Å². The van der Waals surface area contributed by atoms with E-state index >= 15 is 0 Å². The Morgan fingerprint density at radius 1 is 1.46 bits per heavy atom. The lowest BCUT2D eigenvalue weighted by atomic mass is 9.95. The number of rotatable bonds is 4. The molecule has 76 valence electrons. The third kappa shape index (κ3) is 4.24. The minimum atomic E-state index is -0.0473. The van der Waals surface area contributed by atoms with E-state index in [0.717, 1.165) is 32.0 Å². The maximum absolute atomic E-state index is 10.8. The van der Waals surface area contributed by atoms with Gasteiger partial charge in [-0.15, -0.1) is 0 Å². The Kier molecular flexibility index (Phi) is 4.78. The fourth-order valence-electron chi connectivity index (χ4n) is 1.66. The van der Waals surface area contributed by atoms with E-state index in [4.69, 9.17) is 5.73 Å². The van der Waals surface area contributed by atoms with Crippen LogP contribution in [0.1, 0.15) is 19.3 Å². The maximum atomic E-state index is 10.8. The van der Waals surface area contributed by atoms with Gasteiger partial charge in [0, 0.05) is 6.54 Å². The molecule has 0 aromatic rings. The topological polar surface area (TPSA) is 67.2 Å². The molecule has 1 rings (SSSR count). The summed E-state index contributed by atoms with van der Waals surface area (Å²) in [6.07, 6.45) is 3.56. The molecule has 0 aromatic carbocycles. The van der Waals surface area contributed by atoms with Gasteiger partial charge in [-0.2, -0.15) is 0 Å². The largest absolute Gasteiger partial charge is 0.355 e. The van der Waals surface area contributed by atoms with Crippen molar-refractivity contribution >= 4 is 5.91 Å². The fourth-order valence-corrected chi connectivity index (χ4v) is 1.66. The van der Waals surface area contributed by atoms with Crippen molar-refractivity contribution in [1.82, 2.24) is 10.6 Å². The zero-order valence-corrected chi connectivity index (χ0v) is 8.01. The zero-order chi connectivity index (χ0) is 9.52. The van der Waals surface area contributed by atoms with Crippen molar-refractivity contribution in [3.05, 3.63) is 0 Å². The first-order valence-electron chi connectivity index (χ1n) is 5.00. The van der Waals surface area contributed by atoms with Crippen molar-refractivity contribution < 1.29 is 4.79 Å². The predicted octanol–water partition coefficient (Wildman–Crippen LogP) is -0.549. The quantitative estimate of drug-likeness (QED) is 0.550. The van der Waals surface area contributed by atoms with E-state index < -0.39 is 0 Å². The lowest BCUT2D eigenvalue weighted by Gasteiger charge is -2.22. The van der Waals surface area contributed by atoms with Gasteiger partial charge in [-0.1, -0.05) is 0 Å². The molecule has 0 spiro atoms. The number of hydrogen-bond acceptors (Lipinski definition) is 3. The number of nitrogens with two attached hydrogens (primary N) is 1. The molecule has 4 nitrogen and oxygen atoms in total. The van der Waals surface area contributed by atoms with Crippen LogP contribution in [0.25, 0.3) is 0 Å². The van der Waals surface area contributed by atoms with E-state index in [1.54, 1.807) is 0 Å². The minimum absolute atomic E-state index is 0.0473. The highest BCUT2D eigenvalue weighted by Gasteiger charge is 2.12. The summed E-state index contributed by atoms with van der Waals surface area (Å²) in [5, 5.41) is 6.11. The first-order valence-corrected chi connectivity index (χ1v) is 5.00. The van der Waals surface area contributed by atoms with Crippen molar-refractivity contribution in [2.45, 2.75) is 19.3 Å². The lowest BCUT2D eigenvalue weighted by Crippen LogP contribution is -2.34. The van der Waals surface area contributed by atoms with Gasteiger partial charge in [0.25, 0.3) is 0 Å². The molecule has 13 heavy (non-hydrogen) atoms. The van der Waals surface area contributed by atoms with Gasteiger partial charge in [-0.3, -0.25) is 4.79 Å². The molecule has 1 aliphatic rings. The van der Waals surface area contributed by atoms with Crippen LogP contribution in [-0.4, -0.2) is 32.1 Å². The summed E-state index contributed by atoms with van der Waals surface area (Å²) in [5.74, 6) is 0.730. The summed E-state index contributed by atoms with van der Waals surface area (Å²) in [7, 11) is 0. The average Bonchev–Trinajstić information content (AvgIpc) is 2.19. The molecule has 1 fully saturated rings. The van der Waals surface area contributed by atoms with Gasteiger partial charge in [0.1, 0.15) is 0 Å². The highest BCUT2D eigenvalue weighted by molar-refractivity contribution is 5.77. The molecular formula is C9H19N3O. The number of nitrogens with one attached hydrogen (secondary N) is 2. The number of piperidine rings is 1. The third-order valence-corrected chi connectivity index (χ3v) is 2.52. The Morgan fingerprint density at radius 2 is 2.15 bits per heavy atom. The van der Waals surface area contributed by atoms with E-state index in [2.05, 4.69) is 10.6 Å². The van der Waals surface area contributed by atoms with E-state index in [-0.39, 0.29) is 12.5 Å². The van der Waals surface area contributed by atoms with Gasteiger partial charge >= 0.3 is 0 Å². The van der Waals surface area contributed by atoms with Crippen molar-refractivity contribution in [2.75, 3.05) is 26.2 Å². The lowest BCUT2D eigenvalue weighted by molar-refractivity contribution is -0.119. The van der Waals surface area contributed by atoms with Crippen molar-refractivity contribution in [3.8, 4) is 0 Å². The van der Waals surface area contributed by atoms with Crippen LogP contribution in [0.3, 0.4) is 0 Å². The van der Waals surface area contributed by atoms with Crippen LogP contribution in [0, 0.1) is 5.92 Å². The maximum Gasteiger partial charge on any atom is 0.233 e. The molecule has 0 aliphatic carbocycles. The van der Waals surface area contributed by atoms with E-state index in [9.17, 15) is 4.79 Å². The van der Waals surface area contributed by atoms with Crippen LogP contribution in [-0.2, 0) is 4.79 Å². The molecule has 0 bridgehead atoms. The predicted molar refractivity (Wildman–Crippen MR) is 52.3 cm³/mol. The molecule has 0 unspecified atom stereocenters. The first kappa shape index (κ1) is 10.5. The van der Waals surface area contributed by atoms with Gasteiger partial charge in [-0.25, -0.2) is 0 Å². The molecule has 1 heterocycles. The molecule has 1 saturated heterocycles. The zero-order valence-electron chi connectivity index (χ0n) is 8.01.